The van der Waals surface area contributed by atoms with Crippen LogP contribution < -0.4 is 5.73 Å². The topological polar surface area (TPSA) is 79.1 Å². The first-order valence-corrected chi connectivity index (χ1v) is 4.82. The molecule has 0 aliphatic heterocycles. The molecule has 16 heavy (non-hydrogen) atoms. The van der Waals surface area contributed by atoms with Crippen LogP contribution in [0.3, 0.4) is 0 Å². The molecule has 0 spiro atoms. The van der Waals surface area contributed by atoms with Crippen molar-refractivity contribution < 1.29 is 14.3 Å². The molecule has 0 bridgehead atoms. The summed E-state index contributed by atoms with van der Waals surface area (Å²) < 4.78 is 13.3. The van der Waals surface area contributed by atoms with Gasteiger partial charge in [-0.1, -0.05) is 12.1 Å². The van der Waals surface area contributed by atoms with Gasteiger partial charge in [0.2, 0.25) is 0 Å². The smallest absolute Gasteiger partial charge is 0.320 e. The number of aromatic amines is 1. The third-order valence-electron chi connectivity index (χ3n) is 2.51. The molecule has 0 fully saturated rings. The van der Waals surface area contributed by atoms with Crippen LogP contribution in [0.25, 0.3) is 10.9 Å². The van der Waals surface area contributed by atoms with Crippen LogP contribution >= 0.6 is 0 Å². The summed E-state index contributed by atoms with van der Waals surface area (Å²) in [6.07, 6.45) is 1.77. The SMILES string of the molecule is N[C@@H](Cc1c[nH]c2c(F)cccc12)C(=O)O. The maximum Gasteiger partial charge on any atom is 0.320 e. The Morgan fingerprint density at radius 2 is 2.31 bits per heavy atom. The van der Waals surface area contributed by atoms with E-state index in [-0.39, 0.29) is 12.2 Å². The van der Waals surface area contributed by atoms with Crippen molar-refractivity contribution in [3.8, 4) is 0 Å². The fourth-order valence-corrected chi connectivity index (χ4v) is 1.67. The Labute approximate surface area is 90.9 Å². The van der Waals surface area contributed by atoms with Crippen LogP contribution in [0.1, 0.15) is 5.56 Å². The summed E-state index contributed by atoms with van der Waals surface area (Å²) in [5.41, 5.74) is 6.53. The third kappa shape index (κ3) is 1.77. The van der Waals surface area contributed by atoms with Crippen molar-refractivity contribution in [1.82, 2.24) is 4.98 Å². The van der Waals surface area contributed by atoms with E-state index in [9.17, 15) is 9.18 Å². The average molecular weight is 222 g/mol. The van der Waals surface area contributed by atoms with E-state index in [0.717, 1.165) is 0 Å². The van der Waals surface area contributed by atoms with Crippen molar-refractivity contribution in [3.05, 3.63) is 35.8 Å². The third-order valence-corrected chi connectivity index (χ3v) is 2.51. The summed E-state index contributed by atoms with van der Waals surface area (Å²) in [5.74, 6) is -1.42. The Morgan fingerprint density at radius 1 is 1.56 bits per heavy atom. The Bertz CT molecular complexity index is 536. The molecule has 5 heteroatoms. The van der Waals surface area contributed by atoms with E-state index in [1.807, 2.05) is 0 Å². The van der Waals surface area contributed by atoms with Gasteiger partial charge < -0.3 is 15.8 Å². The molecule has 2 aromatic rings. The molecule has 1 aromatic heterocycles. The Morgan fingerprint density at radius 3 is 3.00 bits per heavy atom. The number of hydrogen-bond acceptors (Lipinski definition) is 2. The molecule has 0 aliphatic rings. The second kappa shape index (κ2) is 3.94. The zero-order valence-electron chi connectivity index (χ0n) is 8.40. The quantitative estimate of drug-likeness (QED) is 0.731. The molecule has 1 heterocycles. The van der Waals surface area contributed by atoms with Crippen molar-refractivity contribution in [2.75, 3.05) is 0 Å². The highest BCUT2D eigenvalue weighted by atomic mass is 19.1. The van der Waals surface area contributed by atoms with Crippen molar-refractivity contribution in [3.63, 3.8) is 0 Å². The summed E-state index contributed by atoms with van der Waals surface area (Å²) in [7, 11) is 0. The molecule has 0 unspecified atom stereocenters. The van der Waals surface area contributed by atoms with Crippen LogP contribution in [-0.4, -0.2) is 22.1 Å². The van der Waals surface area contributed by atoms with E-state index in [4.69, 9.17) is 10.8 Å². The lowest BCUT2D eigenvalue weighted by Crippen LogP contribution is -2.32. The standard InChI is InChI=1S/C11H11FN2O2/c12-8-3-1-2-7-6(5-14-10(7)8)4-9(13)11(15)16/h1-3,5,9,14H,4,13H2,(H,15,16)/t9-/m0/s1. The van der Waals surface area contributed by atoms with Gasteiger partial charge in [0.05, 0.1) is 5.52 Å². The molecule has 0 saturated heterocycles. The number of hydrogen-bond donors (Lipinski definition) is 3. The van der Waals surface area contributed by atoms with Gasteiger partial charge in [-0.05, 0) is 11.6 Å². The fraction of sp³-hybridized carbons (Fsp3) is 0.182. The van der Waals surface area contributed by atoms with Crippen LogP contribution in [0.2, 0.25) is 0 Å². The van der Waals surface area contributed by atoms with Gasteiger partial charge in [0, 0.05) is 18.0 Å². The number of fused-ring (bicyclic) bond motifs is 1. The summed E-state index contributed by atoms with van der Waals surface area (Å²) in [6, 6.07) is 3.70. The average Bonchev–Trinajstić information content (AvgIpc) is 2.63. The van der Waals surface area contributed by atoms with Gasteiger partial charge in [0.15, 0.2) is 0 Å². The lowest BCUT2D eigenvalue weighted by molar-refractivity contribution is -0.138. The zero-order valence-corrected chi connectivity index (χ0v) is 8.40. The number of nitrogens with one attached hydrogen (secondary N) is 1. The maximum atomic E-state index is 13.3. The number of carboxylic acids is 1. The van der Waals surface area contributed by atoms with Gasteiger partial charge in [-0.2, -0.15) is 0 Å². The molecular weight excluding hydrogens is 211 g/mol. The molecular formula is C11H11FN2O2. The molecule has 4 nitrogen and oxygen atoms in total. The summed E-state index contributed by atoms with van der Waals surface area (Å²) in [5, 5.41) is 9.38. The number of rotatable bonds is 3. The number of halogens is 1. The second-order valence-corrected chi connectivity index (χ2v) is 3.63. The minimum Gasteiger partial charge on any atom is -0.480 e. The van der Waals surface area contributed by atoms with Crippen LogP contribution in [0, 0.1) is 5.82 Å². The fourth-order valence-electron chi connectivity index (χ4n) is 1.67. The van der Waals surface area contributed by atoms with E-state index in [1.165, 1.54) is 6.07 Å². The van der Waals surface area contributed by atoms with Gasteiger partial charge >= 0.3 is 5.97 Å². The molecule has 0 aliphatic carbocycles. The minimum absolute atomic E-state index is 0.179. The van der Waals surface area contributed by atoms with Gasteiger partial charge in [0.1, 0.15) is 11.9 Å². The van der Waals surface area contributed by atoms with Crippen molar-refractivity contribution in [1.29, 1.82) is 0 Å². The van der Waals surface area contributed by atoms with Gasteiger partial charge in [-0.3, -0.25) is 4.79 Å². The molecule has 4 N–H and O–H groups in total. The van der Waals surface area contributed by atoms with Crippen LogP contribution in [0.5, 0.6) is 0 Å². The highest BCUT2D eigenvalue weighted by Gasteiger charge is 2.15. The van der Waals surface area contributed by atoms with Crippen molar-refractivity contribution >= 4 is 16.9 Å². The first-order valence-electron chi connectivity index (χ1n) is 4.82. The van der Waals surface area contributed by atoms with Gasteiger partial charge in [0.25, 0.3) is 0 Å². The number of carbonyl (C=O) groups is 1. The molecule has 1 atom stereocenters. The molecule has 2 rings (SSSR count). The number of H-pyrrole nitrogens is 1. The normalized spacial score (nSPS) is 12.9. The predicted molar refractivity (Wildman–Crippen MR) is 57.6 cm³/mol. The van der Waals surface area contributed by atoms with Gasteiger partial charge in [-0.25, -0.2) is 4.39 Å². The number of benzene rings is 1. The van der Waals surface area contributed by atoms with E-state index in [0.29, 0.717) is 16.5 Å². The second-order valence-electron chi connectivity index (χ2n) is 3.63. The van der Waals surface area contributed by atoms with E-state index >= 15 is 0 Å². The number of aromatic nitrogens is 1. The Kier molecular flexibility index (Phi) is 2.62. The first-order chi connectivity index (χ1) is 7.59. The largest absolute Gasteiger partial charge is 0.480 e. The number of para-hydroxylation sites is 1. The van der Waals surface area contributed by atoms with Crippen LogP contribution in [0.15, 0.2) is 24.4 Å². The van der Waals surface area contributed by atoms with E-state index < -0.39 is 12.0 Å². The molecule has 0 radical (unpaired) electrons. The predicted octanol–water partition coefficient (Wildman–Crippen LogP) is 1.26. The first kappa shape index (κ1) is 10.6. The maximum absolute atomic E-state index is 13.3. The summed E-state index contributed by atoms with van der Waals surface area (Å²) >= 11 is 0. The van der Waals surface area contributed by atoms with E-state index in [1.54, 1.807) is 18.3 Å². The number of aliphatic carboxylic acids is 1. The Balaban J connectivity index is 2.39. The van der Waals surface area contributed by atoms with Gasteiger partial charge in [-0.15, -0.1) is 0 Å². The van der Waals surface area contributed by atoms with Crippen LogP contribution in [0.4, 0.5) is 4.39 Å². The molecule has 0 amide bonds. The number of carboxylic acid groups (broad SMARTS) is 1. The van der Waals surface area contributed by atoms with E-state index in [2.05, 4.69) is 4.98 Å². The lowest BCUT2D eigenvalue weighted by Gasteiger charge is -2.04. The monoisotopic (exact) mass is 222 g/mol. The molecule has 84 valence electrons. The van der Waals surface area contributed by atoms with Crippen molar-refractivity contribution in [2.45, 2.75) is 12.5 Å². The summed E-state index contributed by atoms with van der Waals surface area (Å²) in [4.78, 5) is 13.4. The number of nitrogens with two attached hydrogens (primary N) is 1. The minimum atomic E-state index is -1.06. The highest BCUT2D eigenvalue weighted by Crippen LogP contribution is 2.21. The van der Waals surface area contributed by atoms with Crippen molar-refractivity contribution in [2.24, 2.45) is 5.73 Å². The summed E-state index contributed by atoms with van der Waals surface area (Å²) in [6.45, 7) is 0. The van der Waals surface area contributed by atoms with Crippen LogP contribution in [-0.2, 0) is 11.2 Å². The highest BCUT2D eigenvalue weighted by molar-refractivity contribution is 5.84. The molecule has 0 saturated carbocycles. The Hall–Kier alpha value is -1.88. The zero-order chi connectivity index (χ0) is 11.7. The molecule has 1 aromatic carbocycles. The lowest BCUT2D eigenvalue weighted by atomic mass is 10.1.